The van der Waals surface area contributed by atoms with E-state index in [-0.39, 0.29) is 5.91 Å². The number of hydrogen-bond acceptors (Lipinski definition) is 6. The number of sulfonamides is 1. The molecule has 0 spiro atoms. The highest BCUT2D eigenvalue weighted by Gasteiger charge is 2.31. The molecule has 2 aromatic carbocycles. The second kappa shape index (κ2) is 9.93. The van der Waals surface area contributed by atoms with Crippen LogP contribution in [0.4, 0.5) is 0 Å². The van der Waals surface area contributed by atoms with Gasteiger partial charge in [-0.05, 0) is 63.1 Å². The van der Waals surface area contributed by atoms with Crippen LogP contribution in [0.2, 0.25) is 0 Å². The van der Waals surface area contributed by atoms with Crippen LogP contribution in [0.15, 0.2) is 45.7 Å². The van der Waals surface area contributed by atoms with Crippen LogP contribution in [-0.2, 0) is 16.6 Å². The first-order chi connectivity index (χ1) is 16.6. The van der Waals surface area contributed by atoms with E-state index < -0.39 is 10.0 Å². The molecule has 1 saturated heterocycles. The number of amides is 1. The number of aromatic nitrogens is 1. The SMILES string of the molecule is CNC(=O)c1ccc(-c2nc(CN3CCN(S(=O)(=O)c4c(C)cc(C)cc4C)CC3)c(C)o2)cc1. The molecule has 2 heterocycles. The number of piperazine rings is 1. The van der Waals surface area contributed by atoms with Gasteiger partial charge in [0, 0.05) is 50.9 Å². The van der Waals surface area contributed by atoms with Crippen molar-refractivity contribution in [3.05, 3.63) is 70.1 Å². The van der Waals surface area contributed by atoms with E-state index >= 15 is 0 Å². The van der Waals surface area contributed by atoms with Crippen molar-refractivity contribution in [2.75, 3.05) is 33.2 Å². The van der Waals surface area contributed by atoms with Gasteiger partial charge in [0.2, 0.25) is 15.9 Å². The molecule has 9 heteroatoms. The minimum atomic E-state index is -3.54. The van der Waals surface area contributed by atoms with Crippen molar-refractivity contribution < 1.29 is 17.6 Å². The van der Waals surface area contributed by atoms with Crippen LogP contribution in [0.3, 0.4) is 0 Å². The maximum Gasteiger partial charge on any atom is 0.251 e. The molecule has 3 aromatic rings. The number of rotatable bonds is 6. The molecule has 8 nitrogen and oxygen atoms in total. The van der Waals surface area contributed by atoms with Crippen molar-refractivity contribution in [1.29, 1.82) is 0 Å². The number of nitrogens with one attached hydrogen (secondary N) is 1. The van der Waals surface area contributed by atoms with Gasteiger partial charge in [0.05, 0.1) is 10.6 Å². The molecular formula is C26H32N4O4S. The first-order valence-electron chi connectivity index (χ1n) is 11.7. The van der Waals surface area contributed by atoms with Crippen LogP contribution >= 0.6 is 0 Å². The van der Waals surface area contributed by atoms with Crippen LogP contribution in [0.1, 0.15) is 38.5 Å². The number of benzene rings is 2. The third-order valence-electron chi connectivity index (χ3n) is 6.42. The van der Waals surface area contributed by atoms with Crippen molar-refractivity contribution >= 4 is 15.9 Å². The van der Waals surface area contributed by atoms with Gasteiger partial charge in [-0.2, -0.15) is 4.31 Å². The molecule has 0 aliphatic carbocycles. The van der Waals surface area contributed by atoms with E-state index in [1.165, 1.54) is 0 Å². The zero-order valence-electron chi connectivity index (χ0n) is 20.9. The summed E-state index contributed by atoms with van der Waals surface area (Å²) in [5.74, 6) is 1.10. The Bertz CT molecular complexity index is 1320. The molecule has 1 aliphatic heterocycles. The Hall–Kier alpha value is -3.01. The van der Waals surface area contributed by atoms with Crippen molar-refractivity contribution in [3.8, 4) is 11.5 Å². The van der Waals surface area contributed by atoms with Gasteiger partial charge in [0.1, 0.15) is 5.76 Å². The summed E-state index contributed by atoms with van der Waals surface area (Å²) in [6.45, 7) is 10.3. The quantitative estimate of drug-likeness (QED) is 0.562. The van der Waals surface area contributed by atoms with Crippen LogP contribution < -0.4 is 5.32 Å². The van der Waals surface area contributed by atoms with Gasteiger partial charge in [-0.1, -0.05) is 17.7 Å². The average Bonchev–Trinajstić information content (AvgIpc) is 3.18. The predicted molar refractivity (Wildman–Crippen MR) is 135 cm³/mol. The highest BCUT2D eigenvalue weighted by Crippen LogP contribution is 2.27. The largest absolute Gasteiger partial charge is 0.441 e. The standard InChI is InChI=1S/C26H32N4O4S/c1-17-14-18(2)24(19(3)15-17)35(32,33)30-12-10-29(11-13-30)16-23-20(4)34-26(28-23)22-8-6-21(7-9-22)25(31)27-5/h6-9,14-15H,10-13,16H2,1-5H3,(H,27,31). The maximum atomic E-state index is 13.4. The van der Waals surface area contributed by atoms with Crippen LogP contribution in [0.5, 0.6) is 0 Å². The summed E-state index contributed by atoms with van der Waals surface area (Å²) in [5, 5.41) is 2.60. The molecule has 1 aliphatic rings. The lowest BCUT2D eigenvalue weighted by Gasteiger charge is -2.34. The second-order valence-electron chi connectivity index (χ2n) is 9.09. The summed E-state index contributed by atoms with van der Waals surface area (Å²) in [7, 11) is -1.95. The van der Waals surface area contributed by atoms with E-state index in [0.717, 1.165) is 33.7 Å². The number of carbonyl (C=O) groups is 1. The molecule has 4 rings (SSSR count). The number of aryl methyl sites for hydroxylation is 4. The second-order valence-corrected chi connectivity index (χ2v) is 11.0. The number of hydrogen-bond donors (Lipinski definition) is 1. The van der Waals surface area contributed by atoms with Gasteiger partial charge >= 0.3 is 0 Å². The molecule has 1 aromatic heterocycles. The first kappa shape index (κ1) is 25.1. The summed E-state index contributed by atoms with van der Waals surface area (Å²) in [6.07, 6.45) is 0. The van der Waals surface area contributed by atoms with Crippen molar-refractivity contribution in [1.82, 2.24) is 19.5 Å². The Morgan fingerprint density at radius 2 is 1.60 bits per heavy atom. The van der Waals surface area contributed by atoms with Gasteiger partial charge in [-0.15, -0.1) is 0 Å². The Morgan fingerprint density at radius 3 is 2.17 bits per heavy atom. The van der Waals surface area contributed by atoms with Crippen LogP contribution in [0, 0.1) is 27.7 Å². The minimum absolute atomic E-state index is 0.144. The van der Waals surface area contributed by atoms with Gasteiger partial charge in [0.25, 0.3) is 5.91 Å². The lowest BCUT2D eigenvalue weighted by molar-refractivity contribution is 0.0963. The Morgan fingerprint density at radius 1 is 1.00 bits per heavy atom. The summed E-state index contributed by atoms with van der Waals surface area (Å²) in [5.41, 5.74) is 4.85. The lowest BCUT2D eigenvalue weighted by Crippen LogP contribution is -2.48. The average molecular weight is 497 g/mol. The van der Waals surface area contributed by atoms with Crippen molar-refractivity contribution in [3.63, 3.8) is 0 Å². The molecule has 0 saturated carbocycles. The molecule has 0 atom stereocenters. The highest BCUT2D eigenvalue weighted by atomic mass is 32.2. The number of oxazole rings is 1. The smallest absolute Gasteiger partial charge is 0.251 e. The predicted octanol–water partition coefficient (Wildman–Crippen LogP) is 3.44. The van der Waals surface area contributed by atoms with Crippen LogP contribution in [0.25, 0.3) is 11.5 Å². The Kier molecular flexibility index (Phi) is 7.12. The fourth-order valence-corrected chi connectivity index (χ4v) is 6.48. The van der Waals surface area contributed by atoms with E-state index in [9.17, 15) is 13.2 Å². The normalized spacial score (nSPS) is 15.3. The van der Waals surface area contributed by atoms with E-state index in [0.29, 0.717) is 49.1 Å². The monoisotopic (exact) mass is 496 g/mol. The van der Waals surface area contributed by atoms with E-state index in [1.807, 2.05) is 52.0 Å². The molecule has 0 radical (unpaired) electrons. The van der Waals surface area contributed by atoms with E-state index in [1.54, 1.807) is 23.5 Å². The molecule has 186 valence electrons. The fourth-order valence-electron chi connectivity index (χ4n) is 4.65. The molecule has 0 bridgehead atoms. The Labute approximate surface area is 207 Å². The van der Waals surface area contributed by atoms with Gasteiger partial charge in [-0.3, -0.25) is 9.69 Å². The van der Waals surface area contributed by atoms with Gasteiger partial charge in [0.15, 0.2) is 0 Å². The fraction of sp³-hybridized carbons (Fsp3) is 0.385. The summed E-state index contributed by atoms with van der Waals surface area (Å²) < 4.78 is 34.2. The molecule has 1 N–H and O–H groups in total. The van der Waals surface area contributed by atoms with Gasteiger partial charge < -0.3 is 9.73 Å². The Balaban J connectivity index is 1.42. The van der Waals surface area contributed by atoms with Crippen LogP contribution in [-0.4, -0.2) is 61.7 Å². The van der Waals surface area contributed by atoms with Crippen molar-refractivity contribution in [2.45, 2.75) is 39.1 Å². The molecule has 1 amide bonds. The van der Waals surface area contributed by atoms with E-state index in [4.69, 9.17) is 4.42 Å². The molecular weight excluding hydrogens is 464 g/mol. The first-order valence-corrected chi connectivity index (χ1v) is 13.1. The minimum Gasteiger partial charge on any atom is -0.441 e. The maximum absolute atomic E-state index is 13.4. The summed E-state index contributed by atoms with van der Waals surface area (Å²) in [4.78, 5) is 19.1. The zero-order valence-corrected chi connectivity index (χ0v) is 21.7. The summed E-state index contributed by atoms with van der Waals surface area (Å²) in [6, 6.07) is 11.0. The molecule has 0 unspecified atom stereocenters. The highest BCUT2D eigenvalue weighted by molar-refractivity contribution is 7.89. The van der Waals surface area contributed by atoms with Gasteiger partial charge in [-0.25, -0.2) is 13.4 Å². The molecule has 1 fully saturated rings. The number of nitrogens with zero attached hydrogens (tertiary/aromatic N) is 3. The lowest BCUT2D eigenvalue weighted by atomic mass is 10.1. The molecule has 35 heavy (non-hydrogen) atoms. The third-order valence-corrected chi connectivity index (χ3v) is 8.63. The summed E-state index contributed by atoms with van der Waals surface area (Å²) >= 11 is 0. The number of carbonyl (C=O) groups excluding carboxylic acids is 1. The third kappa shape index (κ3) is 5.17. The topological polar surface area (TPSA) is 95.8 Å². The van der Waals surface area contributed by atoms with E-state index in [2.05, 4.69) is 15.2 Å². The van der Waals surface area contributed by atoms with Crippen molar-refractivity contribution in [2.24, 2.45) is 0 Å². The zero-order chi connectivity index (χ0) is 25.3.